The molecular weight excluding hydrogens is 364 g/mol. The summed E-state index contributed by atoms with van der Waals surface area (Å²) >= 11 is 0. The molecule has 1 saturated carbocycles. The Kier molecular flexibility index (Phi) is 3.78. The van der Waals surface area contributed by atoms with Gasteiger partial charge in [0.05, 0.1) is 12.1 Å². The Morgan fingerprint density at radius 2 is 2.18 bits per heavy atom. The normalized spacial score (nSPS) is 14.8. The van der Waals surface area contributed by atoms with E-state index in [1.54, 1.807) is 6.20 Å². The number of aromatic nitrogens is 6. The van der Waals surface area contributed by atoms with Gasteiger partial charge in [-0.25, -0.2) is 18.4 Å². The number of hydrogen-bond donors (Lipinski definition) is 2. The van der Waals surface area contributed by atoms with E-state index in [0.29, 0.717) is 18.5 Å². The quantitative estimate of drug-likeness (QED) is 0.528. The van der Waals surface area contributed by atoms with Crippen LogP contribution in [0, 0.1) is 5.92 Å². The molecule has 3 heterocycles. The lowest BCUT2D eigenvalue weighted by molar-refractivity contribution is -0.00831. The third-order valence-corrected chi connectivity index (χ3v) is 5.21. The van der Waals surface area contributed by atoms with Crippen molar-refractivity contribution in [1.82, 2.24) is 29.9 Å². The number of fused-ring (bicyclic) bond motifs is 2. The predicted octanol–water partition coefficient (Wildman–Crippen LogP) is 3.85. The van der Waals surface area contributed by atoms with Crippen LogP contribution in [0.5, 0.6) is 0 Å². The molecule has 0 spiro atoms. The highest BCUT2D eigenvalue weighted by molar-refractivity contribution is 5.95. The van der Waals surface area contributed by atoms with Crippen molar-refractivity contribution in [2.45, 2.75) is 32.2 Å². The molecule has 7 nitrogen and oxygen atoms in total. The largest absolute Gasteiger partial charge is 0.348 e. The Morgan fingerprint density at radius 1 is 1.32 bits per heavy atom. The van der Waals surface area contributed by atoms with Gasteiger partial charge < -0.3 is 10.3 Å². The summed E-state index contributed by atoms with van der Waals surface area (Å²) in [6, 6.07) is 5.94. The summed E-state index contributed by atoms with van der Waals surface area (Å²) in [6.07, 6.45) is 4.69. The van der Waals surface area contributed by atoms with E-state index in [2.05, 4.69) is 30.6 Å². The zero-order valence-corrected chi connectivity index (χ0v) is 15.3. The predicted molar refractivity (Wildman–Crippen MR) is 102 cm³/mol. The number of rotatable bonds is 6. The van der Waals surface area contributed by atoms with Crippen LogP contribution in [-0.4, -0.2) is 42.4 Å². The SMILES string of the molecule is CCn1nnc2ccc(-c3c[nH]c4nc(NCC(F)(F)C5CC5)ncc34)cc21. The average Bonchev–Trinajstić information content (AvgIpc) is 3.37. The first-order chi connectivity index (χ1) is 13.5. The number of hydrogen-bond acceptors (Lipinski definition) is 5. The number of nitrogens with zero attached hydrogens (tertiary/aromatic N) is 5. The number of nitrogens with one attached hydrogen (secondary N) is 2. The van der Waals surface area contributed by atoms with Gasteiger partial charge in [-0.3, -0.25) is 0 Å². The van der Waals surface area contributed by atoms with Crippen molar-refractivity contribution in [3.8, 4) is 11.1 Å². The lowest BCUT2D eigenvalue weighted by Crippen LogP contribution is -2.29. The second-order valence-electron chi connectivity index (χ2n) is 7.16. The first-order valence-electron chi connectivity index (χ1n) is 9.34. The second-order valence-corrected chi connectivity index (χ2v) is 7.16. The number of anilines is 1. The van der Waals surface area contributed by atoms with E-state index in [-0.39, 0.29) is 5.95 Å². The number of alkyl halides is 2. The maximum atomic E-state index is 13.9. The van der Waals surface area contributed by atoms with Gasteiger partial charge in [0.25, 0.3) is 5.92 Å². The maximum Gasteiger partial charge on any atom is 0.267 e. The van der Waals surface area contributed by atoms with Crippen molar-refractivity contribution in [1.29, 1.82) is 0 Å². The fraction of sp³-hybridized carbons (Fsp3) is 0.368. The smallest absolute Gasteiger partial charge is 0.267 e. The molecule has 0 bridgehead atoms. The van der Waals surface area contributed by atoms with Crippen molar-refractivity contribution in [3.63, 3.8) is 0 Å². The van der Waals surface area contributed by atoms with Gasteiger partial charge in [-0.15, -0.1) is 5.10 Å². The van der Waals surface area contributed by atoms with E-state index < -0.39 is 18.4 Å². The third kappa shape index (κ3) is 2.87. The van der Waals surface area contributed by atoms with Crippen molar-refractivity contribution in [2.75, 3.05) is 11.9 Å². The molecule has 28 heavy (non-hydrogen) atoms. The van der Waals surface area contributed by atoms with Crippen molar-refractivity contribution < 1.29 is 8.78 Å². The Morgan fingerprint density at radius 3 is 2.96 bits per heavy atom. The van der Waals surface area contributed by atoms with Gasteiger partial charge in [0.2, 0.25) is 5.95 Å². The van der Waals surface area contributed by atoms with Crippen LogP contribution in [0.25, 0.3) is 33.2 Å². The van der Waals surface area contributed by atoms with Crippen LogP contribution in [0.1, 0.15) is 19.8 Å². The van der Waals surface area contributed by atoms with Crippen LogP contribution in [0.3, 0.4) is 0 Å². The highest BCUT2D eigenvalue weighted by atomic mass is 19.3. The van der Waals surface area contributed by atoms with Crippen LogP contribution in [0.2, 0.25) is 0 Å². The second kappa shape index (κ2) is 6.22. The molecule has 0 atom stereocenters. The van der Waals surface area contributed by atoms with Gasteiger partial charge in [-0.2, -0.15) is 4.98 Å². The Balaban J connectivity index is 1.45. The molecule has 5 rings (SSSR count). The molecule has 1 aliphatic rings. The Bertz CT molecular complexity index is 1160. The number of aromatic amines is 1. The van der Waals surface area contributed by atoms with Crippen LogP contribution >= 0.6 is 0 Å². The van der Waals surface area contributed by atoms with Gasteiger partial charge in [0, 0.05) is 35.8 Å². The minimum absolute atomic E-state index is 0.199. The minimum Gasteiger partial charge on any atom is -0.348 e. The number of benzene rings is 1. The van der Waals surface area contributed by atoms with Crippen LogP contribution < -0.4 is 5.32 Å². The maximum absolute atomic E-state index is 13.9. The van der Waals surface area contributed by atoms with Gasteiger partial charge >= 0.3 is 0 Å². The molecule has 0 saturated heterocycles. The molecule has 1 fully saturated rings. The van der Waals surface area contributed by atoms with Crippen LogP contribution in [0.15, 0.2) is 30.6 Å². The molecule has 144 valence electrons. The fourth-order valence-electron chi connectivity index (χ4n) is 3.44. The van der Waals surface area contributed by atoms with Crippen molar-refractivity contribution in [2.24, 2.45) is 5.92 Å². The summed E-state index contributed by atoms with van der Waals surface area (Å²) < 4.78 is 29.6. The standard InChI is InChI=1S/C19H19F2N7/c1-2-28-16-7-11(3-6-15(16)26-27-28)13-8-22-17-14(13)9-23-18(25-17)24-10-19(20,21)12-4-5-12/h3,6-9,12H,2,4-5,10H2,1H3,(H2,22,23,24,25). The molecule has 0 radical (unpaired) electrons. The summed E-state index contributed by atoms with van der Waals surface area (Å²) in [4.78, 5) is 11.7. The lowest BCUT2D eigenvalue weighted by Gasteiger charge is -2.15. The van der Waals surface area contributed by atoms with Gasteiger partial charge in [0.15, 0.2) is 0 Å². The topological polar surface area (TPSA) is 84.3 Å². The van der Waals surface area contributed by atoms with E-state index in [0.717, 1.165) is 34.1 Å². The monoisotopic (exact) mass is 383 g/mol. The van der Waals surface area contributed by atoms with E-state index in [1.165, 1.54) is 0 Å². The molecule has 3 aromatic heterocycles. The number of aryl methyl sites for hydroxylation is 1. The van der Waals surface area contributed by atoms with E-state index in [1.807, 2.05) is 36.0 Å². The number of halogens is 2. The average molecular weight is 383 g/mol. The summed E-state index contributed by atoms with van der Waals surface area (Å²) in [5, 5.41) is 11.8. The Labute approximate surface area is 159 Å². The highest BCUT2D eigenvalue weighted by Gasteiger charge is 2.46. The first-order valence-corrected chi connectivity index (χ1v) is 9.34. The third-order valence-electron chi connectivity index (χ3n) is 5.21. The van der Waals surface area contributed by atoms with E-state index >= 15 is 0 Å². The molecule has 2 N–H and O–H groups in total. The van der Waals surface area contributed by atoms with E-state index in [9.17, 15) is 8.78 Å². The van der Waals surface area contributed by atoms with Crippen LogP contribution in [0.4, 0.5) is 14.7 Å². The molecule has 1 aromatic carbocycles. The molecule has 9 heteroatoms. The molecule has 0 aliphatic heterocycles. The highest BCUT2D eigenvalue weighted by Crippen LogP contribution is 2.43. The molecule has 0 amide bonds. The molecule has 1 aliphatic carbocycles. The van der Waals surface area contributed by atoms with Gasteiger partial charge in [-0.1, -0.05) is 11.3 Å². The molecule has 4 aromatic rings. The van der Waals surface area contributed by atoms with Gasteiger partial charge in [-0.05, 0) is 37.5 Å². The molecular formula is C19H19F2N7. The molecule has 0 unspecified atom stereocenters. The fourth-order valence-corrected chi connectivity index (χ4v) is 3.44. The lowest BCUT2D eigenvalue weighted by atomic mass is 10.1. The van der Waals surface area contributed by atoms with Crippen molar-refractivity contribution >= 4 is 28.0 Å². The Hall–Kier alpha value is -3.10. The van der Waals surface area contributed by atoms with Crippen molar-refractivity contribution in [3.05, 3.63) is 30.6 Å². The summed E-state index contributed by atoms with van der Waals surface area (Å²) in [6.45, 7) is 2.31. The first kappa shape index (κ1) is 17.0. The minimum atomic E-state index is -2.72. The summed E-state index contributed by atoms with van der Waals surface area (Å²) in [5.74, 6) is -3.03. The van der Waals surface area contributed by atoms with E-state index in [4.69, 9.17) is 0 Å². The zero-order chi connectivity index (χ0) is 19.3. The summed E-state index contributed by atoms with van der Waals surface area (Å²) in [7, 11) is 0. The zero-order valence-electron chi connectivity index (χ0n) is 15.3. The number of H-pyrrole nitrogens is 1. The summed E-state index contributed by atoms with van der Waals surface area (Å²) in [5.41, 5.74) is 4.32. The van der Waals surface area contributed by atoms with Crippen LogP contribution in [-0.2, 0) is 6.54 Å². The van der Waals surface area contributed by atoms with Gasteiger partial charge in [0.1, 0.15) is 11.2 Å².